The molecule has 6 rings (SSSR count). The van der Waals surface area contributed by atoms with Crippen LogP contribution in [0.2, 0.25) is 0 Å². The van der Waals surface area contributed by atoms with E-state index in [1.54, 1.807) is 20.8 Å². The van der Waals surface area contributed by atoms with Gasteiger partial charge in [0, 0.05) is 5.92 Å². The lowest BCUT2D eigenvalue weighted by atomic mass is 9.77. The number of carbonyl (C=O) groups excluding carboxylic acids is 4. The topological polar surface area (TPSA) is 169 Å². The Kier molecular flexibility index (Phi) is 12.6. The number of fused-ring (bicyclic) bond motifs is 3. The number of aliphatic carboxylic acids is 1. The fourth-order valence-electron chi connectivity index (χ4n) is 7.09. The van der Waals surface area contributed by atoms with Gasteiger partial charge in [0.05, 0.1) is 6.42 Å². The number of carboxylic acid groups (broad SMARTS) is 1. The van der Waals surface area contributed by atoms with Crippen molar-refractivity contribution >= 4 is 30.0 Å². The fraction of sp³-hybridized carbons (Fsp3) is 0.239. The second-order valence-electron chi connectivity index (χ2n) is 14.8. The number of alkyl carbamates (subject to hydrolysis) is 2. The van der Waals surface area contributed by atoms with Gasteiger partial charge >= 0.3 is 24.1 Å². The van der Waals surface area contributed by atoms with Gasteiger partial charge in [0.1, 0.15) is 30.4 Å². The molecule has 2 unspecified atom stereocenters. The Morgan fingerprint density at radius 2 is 1.05 bits per heavy atom. The van der Waals surface area contributed by atoms with Crippen LogP contribution in [0.1, 0.15) is 60.9 Å². The van der Waals surface area contributed by atoms with E-state index in [1.807, 2.05) is 140 Å². The van der Waals surface area contributed by atoms with Gasteiger partial charge in [-0.2, -0.15) is 0 Å². The highest BCUT2D eigenvalue weighted by Crippen LogP contribution is 2.44. The Bertz CT molecular complexity index is 2100. The summed E-state index contributed by atoms with van der Waals surface area (Å²) in [6.45, 7) is 3.91. The van der Waals surface area contributed by atoms with Gasteiger partial charge in [0.25, 0.3) is 0 Å². The summed E-state index contributed by atoms with van der Waals surface area (Å²) in [4.78, 5) is 66.2. The van der Waals surface area contributed by atoms with Crippen molar-refractivity contribution < 1.29 is 43.3 Å². The Hall–Kier alpha value is -6.95. The van der Waals surface area contributed by atoms with Crippen molar-refractivity contribution in [2.45, 2.75) is 56.3 Å². The van der Waals surface area contributed by atoms with Crippen molar-refractivity contribution in [3.63, 3.8) is 0 Å². The number of benzene rings is 5. The number of hydrogen-bond donors (Lipinski definition) is 4. The van der Waals surface area contributed by atoms with Crippen molar-refractivity contribution in [2.75, 3.05) is 13.2 Å². The summed E-state index contributed by atoms with van der Waals surface area (Å²) in [5.41, 5.74) is 4.00. The summed E-state index contributed by atoms with van der Waals surface area (Å²) < 4.78 is 16.3. The minimum Gasteiger partial charge on any atom is -0.480 e. The van der Waals surface area contributed by atoms with Gasteiger partial charge in [0.15, 0.2) is 6.04 Å². The average Bonchev–Trinajstić information content (AvgIpc) is 3.54. The molecule has 0 bridgehead atoms. The highest BCUT2D eigenvalue weighted by atomic mass is 16.6. The first-order valence-corrected chi connectivity index (χ1v) is 18.8. The normalized spacial score (nSPS) is 13.2. The van der Waals surface area contributed by atoms with Crippen LogP contribution in [0.15, 0.2) is 140 Å². The first kappa shape index (κ1) is 40.7. The first-order valence-electron chi connectivity index (χ1n) is 18.8. The van der Waals surface area contributed by atoms with Gasteiger partial charge in [-0.15, -0.1) is 0 Å². The van der Waals surface area contributed by atoms with Gasteiger partial charge < -0.3 is 35.3 Å². The predicted octanol–water partition coefficient (Wildman–Crippen LogP) is 6.91. The molecule has 0 saturated heterocycles. The predicted molar refractivity (Wildman–Crippen MR) is 216 cm³/mol. The third kappa shape index (κ3) is 9.52. The Labute approximate surface area is 336 Å². The molecule has 2 atom stereocenters. The van der Waals surface area contributed by atoms with Crippen molar-refractivity contribution in [3.8, 4) is 11.1 Å². The second kappa shape index (κ2) is 17.9. The van der Waals surface area contributed by atoms with Gasteiger partial charge in [-0.1, -0.05) is 140 Å². The Morgan fingerprint density at radius 1 is 0.603 bits per heavy atom. The van der Waals surface area contributed by atoms with Crippen LogP contribution < -0.4 is 16.0 Å². The van der Waals surface area contributed by atoms with Crippen molar-refractivity contribution in [3.05, 3.63) is 167 Å². The molecular formula is C46H45N3O9. The molecule has 0 fully saturated rings. The SMILES string of the molecule is CC(C)(C)OC(=O)NC(COC(=O)C(CC(=O)NC(c1ccccc1)(c1ccccc1)c1ccccc1)NC(=O)OCC1c2ccccc2-c2ccccc21)C(=O)O. The number of ether oxygens (including phenoxy) is 3. The summed E-state index contributed by atoms with van der Waals surface area (Å²) in [5.74, 6) is -3.58. The van der Waals surface area contributed by atoms with Gasteiger partial charge in [-0.05, 0) is 59.7 Å². The molecule has 5 aromatic rings. The van der Waals surface area contributed by atoms with Crippen LogP contribution in [0.25, 0.3) is 11.1 Å². The zero-order valence-electron chi connectivity index (χ0n) is 32.3. The zero-order chi connectivity index (χ0) is 41.3. The molecule has 0 aromatic heterocycles. The first-order chi connectivity index (χ1) is 27.9. The molecule has 0 aliphatic heterocycles. The quantitative estimate of drug-likeness (QED) is 0.0531. The summed E-state index contributed by atoms with van der Waals surface area (Å²) >= 11 is 0. The molecule has 298 valence electrons. The number of amides is 3. The monoisotopic (exact) mass is 783 g/mol. The van der Waals surface area contributed by atoms with Crippen LogP contribution in [0.5, 0.6) is 0 Å². The molecule has 1 aliphatic carbocycles. The van der Waals surface area contributed by atoms with Gasteiger partial charge in [0.2, 0.25) is 5.91 Å². The van der Waals surface area contributed by atoms with Gasteiger partial charge in [-0.25, -0.2) is 19.2 Å². The van der Waals surface area contributed by atoms with E-state index < -0.39 is 66.3 Å². The number of carbonyl (C=O) groups is 5. The molecule has 1 aliphatic rings. The maximum absolute atomic E-state index is 14.4. The summed E-state index contributed by atoms with van der Waals surface area (Å²) in [6, 6.07) is 40.2. The smallest absolute Gasteiger partial charge is 0.408 e. The zero-order valence-corrected chi connectivity index (χ0v) is 32.3. The van der Waals surface area contributed by atoms with E-state index in [0.29, 0.717) is 0 Å². The van der Waals surface area contributed by atoms with E-state index in [1.165, 1.54) is 0 Å². The average molecular weight is 784 g/mol. The summed E-state index contributed by atoms with van der Waals surface area (Å²) in [5, 5.41) is 17.6. The highest BCUT2D eigenvalue weighted by molar-refractivity contribution is 5.89. The molecule has 58 heavy (non-hydrogen) atoms. The van der Waals surface area contributed by atoms with Crippen LogP contribution in [0.4, 0.5) is 9.59 Å². The maximum Gasteiger partial charge on any atom is 0.408 e. The molecule has 12 nitrogen and oxygen atoms in total. The summed E-state index contributed by atoms with van der Waals surface area (Å²) in [7, 11) is 0. The van der Waals surface area contributed by atoms with E-state index in [-0.39, 0.29) is 12.5 Å². The number of esters is 1. The molecular weight excluding hydrogens is 739 g/mol. The lowest BCUT2D eigenvalue weighted by Gasteiger charge is -2.37. The maximum atomic E-state index is 14.4. The van der Waals surface area contributed by atoms with Crippen LogP contribution in [-0.2, 0) is 34.1 Å². The minimum atomic E-state index is -1.70. The molecule has 12 heteroatoms. The number of rotatable bonds is 14. The number of carboxylic acids is 1. The number of hydrogen-bond acceptors (Lipinski definition) is 8. The van der Waals surface area contributed by atoms with Gasteiger partial charge in [-0.3, -0.25) is 4.79 Å². The lowest BCUT2D eigenvalue weighted by Crippen LogP contribution is -2.52. The Balaban J connectivity index is 1.26. The molecule has 0 heterocycles. The van der Waals surface area contributed by atoms with Crippen LogP contribution in [-0.4, -0.2) is 66.0 Å². The van der Waals surface area contributed by atoms with Crippen molar-refractivity contribution in [2.24, 2.45) is 0 Å². The summed E-state index contributed by atoms with van der Waals surface area (Å²) in [6.07, 6.45) is -2.67. The minimum absolute atomic E-state index is 0.0755. The highest BCUT2D eigenvalue weighted by Gasteiger charge is 2.40. The molecule has 5 aromatic carbocycles. The third-order valence-corrected chi connectivity index (χ3v) is 9.64. The van der Waals surface area contributed by atoms with E-state index in [9.17, 15) is 29.1 Å². The number of nitrogens with one attached hydrogen (secondary N) is 3. The molecule has 0 radical (unpaired) electrons. The lowest BCUT2D eigenvalue weighted by molar-refractivity contribution is -0.151. The molecule has 4 N–H and O–H groups in total. The van der Waals surface area contributed by atoms with Crippen LogP contribution >= 0.6 is 0 Å². The van der Waals surface area contributed by atoms with Crippen LogP contribution in [0, 0.1) is 0 Å². The standard InChI is InChI=1S/C46H45N3O9/c1-45(2,3)58-44(55)48-39(41(51)52)29-56-42(53)38(47-43(54)57-28-37-35-25-15-13-23-33(35)34-24-14-16-26-36(34)37)27-40(50)49-46(30-17-7-4-8-18-30,31-19-9-5-10-20-31)32-21-11-6-12-22-32/h4-26,37-39H,27-29H2,1-3H3,(H,47,54)(H,48,55)(H,49,50)(H,51,52). The van der Waals surface area contributed by atoms with Crippen molar-refractivity contribution in [1.82, 2.24) is 16.0 Å². The largest absolute Gasteiger partial charge is 0.480 e. The second-order valence-corrected chi connectivity index (χ2v) is 14.8. The Morgan fingerprint density at radius 3 is 1.52 bits per heavy atom. The fourth-order valence-corrected chi connectivity index (χ4v) is 7.09. The van der Waals surface area contributed by atoms with Crippen molar-refractivity contribution in [1.29, 1.82) is 0 Å². The molecule has 0 spiro atoms. The molecule has 3 amide bonds. The van der Waals surface area contributed by atoms with E-state index in [4.69, 9.17) is 14.2 Å². The van der Waals surface area contributed by atoms with E-state index >= 15 is 0 Å². The van der Waals surface area contributed by atoms with E-state index in [2.05, 4.69) is 16.0 Å². The molecule has 0 saturated carbocycles. The van der Waals surface area contributed by atoms with Crippen LogP contribution in [0.3, 0.4) is 0 Å². The van der Waals surface area contributed by atoms with E-state index in [0.717, 1.165) is 38.9 Å². The third-order valence-electron chi connectivity index (χ3n) is 9.64.